The molecular weight excluding hydrogens is 324 g/mol. The zero-order chi connectivity index (χ0) is 20.2. The number of benzene rings is 1. The number of aryl methyl sites for hydroxylation is 3. The average Bonchev–Trinajstić information content (AvgIpc) is 2.73. The van der Waals surface area contributed by atoms with E-state index in [-0.39, 0.29) is 0 Å². The van der Waals surface area contributed by atoms with Crippen LogP contribution >= 0.6 is 0 Å². The predicted octanol–water partition coefficient (Wildman–Crippen LogP) is 8.92. The van der Waals surface area contributed by atoms with Crippen LogP contribution in [-0.2, 0) is 6.42 Å². The van der Waals surface area contributed by atoms with Gasteiger partial charge in [-0.1, -0.05) is 78.5 Å². The van der Waals surface area contributed by atoms with Crippen molar-refractivity contribution in [3.8, 4) is 0 Å². The van der Waals surface area contributed by atoms with Crippen molar-refractivity contribution < 1.29 is 0 Å². The van der Waals surface area contributed by atoms with Gasteiger partial charge in [0, 0.05) is 0 Å². The zero-order valence-electron chi connectivity index (χ0n) is 19.6. The van der Waals surface area contributed by atoms with E-state index in [1.165, 1.54) is 75.3 Å². The third kappa shape index (κ3) is 8.00. The maximum absolute atomic E-state index is 2.44. The Hall–Kier alpha value is -0.780. The minimum Gasteiger partial charge on any atom is -0.0683 e. The molecule has 27 heavy (non-hydrogen) atoms. The number of rotatable bonds is 4. The molecule has 0 N–H and O–H groups in total. The molecule has 0 heterocycles. The SMILES string of the molecule is CC.CC.Cc1ccc(CCC2CCC(C3CCC(C)CC3)CC2)cc1C. The number of hydrogen-bond donors (Lipinski definition) is 0. The Balaban J connectivity index is 0.000000855. The van der Waals surface area contributed by atoms with Gasteiger partial charge in [0.2, 0.25) is 0 Å². The molecule has 0 amide bonds. The molecule has 2 saturated carbocycles. The van der Waals surface area contributed by atoms with Crippen molar-refractivity contribution in [2.75, 3.05) is 0 Å². The van der Waals surface area contributed by atoms with E-state index in [0.717, 1.165) is 23.7 Å². The van der Waals surface area contributed by atoms with E-state index in [1.54, 1.807) is 5.56 Å². The second-order valence-electron chi connectivity index (χ2n) is 8.76. The van der Waals surface area contributed by atoms with Gasteiger partial charge in [0.1, 0.15) is 0 Å². The standard InChI is InChI=1S/C23H36.2C2H6/c1-17-4-12-22(13-5-17)23-14-10-20(11-15-23)8-9-21-7-6-18(2)19(3)16-21;2*1-2/h6-7,16-17,20,22-23H,4-5,8-15H2,1-3H3;2*1-2H3. The fourth-order valence-electron chi connectivity index (χ4n) is 5.04. The van der Waals surface area contributed by atoms with E-state index >= 15 is 0 Å². The van der Waals surface area contributed by atoms with E-state index in [1.807, 2.05) is 27.7 Å². The average molecular weight is 373 g/mol. The van der Waals surface area contributed by atoms with Gasteiger partial charge in [-0.05, 0) is 92.7 Å². The summed E-state index contributed by atoms with van der Waals surface area (Å²) < 4.78 is 0. The van der Waals surface area contributed by atoms with Crippen LogP contribution in [0.4, 0.5) is 0 Å². The Labute approximate surface area is 171 Å². The van der Waals surface area contributed by atoms with Crippen LogP contribution in [0.3, 0.4) is 0 Å². The summed E-state index contributed by atoms with van der Waals surface area (Å²) in [6.45, 7) is 14.9. The topological polar surface area (TPSA) is 0 Å². The zero-order valence-corrected chi connectivity index (χ0v) is 19.6. The van der Waals surface area contributed by atoms with Gasteiger partial charge in [0.05, 0.1) is 0 Å². The Morgan fingerprint density at radius 2 is 1.22 bits per heavy atom. The summed E-state index contributed by atoms with van der Waals surface area (Å²) in [6, 6.07) is 7.05. The van der Waals surface area contributed by atoms with Crippen LogP contribution in [0.25, 0.3) is 0 Å². The highest BCUT2D eigenvalue weighted by molar-refractivity contribution is 5.29. The van der Waals surface area contributed by atoms with Crippen LogP contribution in [-0.4, -0.2) is 0 Å². The van der Waals surface area contributed by atoms with Crippen molar-refractivity contribution in [1.29, 1.82) is 0 Å². The maximum Gasteiger partial charge on any atom is -0.0276 e. The fraction of sp³-hybridized carbons (Fsp3) is 0.778. The minimum absolute atomic E-state index is 0.996. The molecule has 2 aliphatic rings. The summed E-state index contributed by atoms with van der Waals surface area (Å²) >= 11 is 0. The second-order valence-corrected chi connectivity index (χ2v) is 8.76. The quantitative estimate of drug-likeness (QED) is 0.495. The first-order chi connectivity index (χ1) is 13.1. The molecule has 0 aliphatic heterocycles. The first-order valence-electron chi connectivity index (χ1n) is 12.2. The normalized spacial score (nSPS) is 27.7. The lowest BCUT2D eigenvalue weighted by atomic mass is 9.69. The van der Waals surface area contributed by atoms with Gasteiger partial charge >= 0.3 is 0 Å². The molecule has 0 radical (unpaired) electrons. The molecule has 0 bridgehead atoms. The van der Waals surface area contributed by atoms with Crippen LogP contribution in [0.1, 0.15) is 109 Å². The van der Waals surface area contributed by atoms with E-state index in [4.69, 9.17) is 0 Å². The first-order valence-corrected chi connectivity index (χ1v) is 12.2. The first kappa shape index (κ1) is 24.3. The van der Waals surface area contributed by atoms with Gasteiger partial charge in [-0.2, -0.15) is 0 Å². The molecule has 2 fully saturated rings. The Kier molecular flexibility index (Phi) is 12.0. The summed E-state index contributed by atoms with van der Waals surface area (Å²) in [7, 11) is 0. The van der Waals surface area contributed by atoms with Crippen LogP contribution in [0.2, 0.25) is 0 Å². The van der Waals surface area contributed by atoms with Gasteiger partial charge < -0.3 is 0 Å². The highest BCUT2D eigenvalue weighted by atomic mass is 14.3. The van der Waals surface area contributed by atoms with Gasteiger partial charge in [0.25, 0.3) is 0 Å². The van der Waals surface area contributed by atoms with E-state index in [2.05, 4.69) is 39.0 Å². The Bertz CT molecular complexity index is 485. The second kappa shape index (κ2) is 13.4. The molecule has 0 aromatic heterocycles. The molecule has 1 aromatic rings. The molecule has 0 unspecified atom stereocenters. The summed E-state index contributed by atoms with van der Waals surface area (Å²) in [6.07, 6.45) is 14.8. The summed E-state index contributed by atoms with van der Waals surface area (Å²) in [5.41, 5.74) is 4.44. The molecule has 3 rings (SSSR count). The predicted molar refractivity (Wildman–Crippen MR) is 124 cm³/mol. The van der Waals surface area contributed by atoms with E-state index in [0.29, 0.717) is 0 Å². The largest absolute Gasteiger partial charge is 0.0683 e. The molecule has 156 valence electrons. The summed E-state index contributed by atoms with van der Waals surface area (Å²) in [5.74, 6) is 4.14. The van der Waals surface area contributed by atoms with Crippen LogP contribution in [0.15, 0.2) is 18.2 Å². The Morgan fingerprint density at radius 3 is 1.74 bits per heavy atom. The number of hydrogen-bond acceptors (Lipinski definition) is 0. The van der Waals surface area contributed by atoms with Crippen molar-refractivity contribution in [3.63, 3.8) is 0 Å². The lowest BCUT2D eigenvalue weighted by Crippen LogP contribution is -2.25. The molecule has 0 saturated heterocycles. The third-order valence-electron chi connectivity index (χ3n) is 7.03. The van der Waals surface area contributed by atoms with Gasteiger partial charge in [0.15, 0.2) is 0 Å². The monoisotopic (exact) mass is 372 g/mol. The summed E-state index contributed by atoms with van der Waals surface area (Å²) in [5, 5.41) is 0. The maximum atomic E-state index is 2.44. The van der Waals surface area contributed by atoms with Gasteiger partial charge in [-0.25, -0.2) is 0 Å². The van der Waals surface area contributed by atoms with Crippen LogP contribution in [0.5, 0.6) is 0 Å². The summed E-state index contributed by atoms with van der Waals surface area (Å²) in [4.78, 5) is 0. The highest BCUT2D eigenvalue weighted by Gasteiger charge is 2.29. The molecule has 0 nitrogen and oxygen atoms in total. The van der Waals surface area contributed by atoms with Gasteiger partial charge in [-0.3, -0.25) is 0 Å². The molecular formula is C27H48. The van der Waals surface area contributed by atoms with Crippen LogP contribution in [0, 0.1) is 37.5 Å². The van der Waals surface area contributed by atoms with Gasteiger partial charge in [-0.15, -0.1) is 0 Å². The van der Waals surface area contributed by atoms with Crippen molar-refractivity contribution in [2.24, 2.45) is 23.7 Å². The molecule has 2 aliphatic carbocycles. The lowest BCUT2D eigenvalue weighted by molar-refractivity contribution is 0.148. The van der Waals surface area contributed by atoms with Crippen molar-refractivity contribution in [1.82, 2.24) is 0 Å². The molecule has 0 atom stereocenters. The molecule has 0 heteroatoms. The highest BCUT2D eigenvalue weighted by Crippen LogP contribution is 2.42. The molecule has 1 aromatic carbocycles. The lowest BCUT2D eigenvalue weighted by Gasteiger charge is -2.37. The van der Waals surface area contributed by atoms with E-state index in [9.17, 15) is 0 Å². The smallest absolute Gasteiger partial charge is 0.0276 e. The van der Waals surface area contributed by atoms with Crippen molar-refractivity contribution in [3.05, 3.63) is 34.9 Å². The minimum atomic E-state index is 0.996. The molecule has 0 spiro atoms. The Morgan fingerprint density at radius 1 is 0.704 bits per heavy atom. The van der Waals surface area contributed by atoms with E-state index < -0.39 is 0 Å². The van der Waals surface area contributed by atoms with Crippen molar-refractivity contribution in [2.45, 2.75) is 113 Å². The van der Waals surface area contributed by atoms with Crippen LogP contribution < -0.4 is 0 Å². The van der Waals surface area contributed by atoms with Crippen molar-refractivity contribution >= 4 is 0 Å². The fourth-order valence-corrected chi connectivity index (χ4v) is 5.04. The third-order valence-corrected chi connectivity index (χ3v) is 7.03.